The van der Waals surface area contributed by atoms with Crippen molar-refractivity contribution in [3.8, 4) is 22.8 Å². The van der Waals surface area contributed by atoms with Gasteiger partial charge in [-0.1, -0.05) is 31.1 Å². The average molecular weight is 456 g/mol. The maximum Gasteiger partial charge on any atom is 0.306 e. The van der Waals surface area contributed by atoms with Crippen LogP contribution in [0.15, 0.2) is 47.0 Å². The minimum Gasteiger partial charge on any atom is -0.497 e. The molecule has 3 aromatic rings. The number of hydrogen-bond donors (Lipinski definition) is 0. The molecule has 2 aromatic carbocycles. The van der Waals surface area contributed by atoms with Gasteiger partial charge >= 0.3 is 5.97 Å². The summed E-state index contributed by atoms with van der Waals surface area (Å²) in [7, 11) is 1.53. The molecule has 0 aliphatic heterocycles. The monoisotopic (exact) mass is 455 g/mol. The summed E-state index contributed by atoms with van der Waals surface area (Å²) in [6.45, 7) is 6.50. The first-order chi connectivity index (χ1) is 15.9. The molecule has 0 aliphatic rings. The maximum atomic E-state index is 14.6. The Morgan fingerprint density at radius 3 is 2.70 bits per heavy atom. The second kappa shape index (κ2) is 11.5. The van der Waals surface area contributed by atoms with Crippen LogP contribution in [0.5, 0.6) is 11.5 Å². The van der Waals surface area contributed by atoms with Crippen LogP contribution in [-0.4, -0.2) is 24.8 Å². The number of carbonyl (C=O) groups is 1. The van der Waals surface area contributed by atoms with E-state index in [4.69, 9.17) is 18.7 Å². The van der Waals surface area contributed by atoms with Gasteiger partial charge in [-0.15, -0.1) is 0 Å². The molecule has 0 bridgehead atoms. The molecule has 0 aliphatic carbocycles. The number of esters is 1. The molecule has 33 heavy (non-hydrogen) atoms. The highest BCUT2D eigenvalue weighted by atomic mass is 19.1. The summed E-state index contributed by atoms with van der Waals surface area (Å²) in [4.78, 5) is 11.6. The van der Waals surface area contributed by atoms with Gasteiger partial charge < -0.3 is 18.7 Å². The van der Waals surface area contributed by atoms with Crippen molar-refractivity contribution in [2.45, 2.75) is 46.6 Å². The lowest BCUT2D eigenvalue weighted by Gasteiger charge is -2.10. The number of hydrogen-bond acceptors (Lipinski definition) is 6. The zero-order valence-corrected chi connectivity index (χ0v) is 19.5. The predicted molar refractivity (Wildman–Crippen MR) is 123 cm³/mol. The number of carbonyl (C=O) groups excluding carboxylic acids is 1. The van der Waals surface area contributed by atoms with Crippen LogP contribution in [0.3, 0.4) is 0 Å². The molecule has 3 rings (SSSR count). The second-order valence-corrected chi connectivity index (χ2v) is 8.12. The Morgan fingerprint density at radius 2 is 1.97 bits per heavy atom. The topological polar surface area (TPSA) is 70.8 Å². The number of ether oxygens (including phenoxy) is 3. The molecular weight excluding hydrogens is 425 g/mol. The van der Waals surface area contributed by atoms with E-state index in [1.165, 1.54) is 13.2 Å². The second-order valence-electron chi connectivity index (χ2n) is 8.12. The van der Waals surface area contributed by atoms with E-state index in [9.17, 15) is 9.18 Å². The van der Waals surface area contributed by atoms with Crippen molar-refractivity contribution in [2.24, 2.45) is 5.92 Å². The molecule has 0 radical (unpaired) electrons. The number of aryl methyl sites for hydroxylation is 1. The van der Waals surface area contributed by atoms with Crippen molar-refractivity contribution in [3.05, 3.63) is 65.1 Å². The van der Waals surface area contributed by atoms with Gasteiger partial charge in [-0.25, -0.2) is 4.39 Å². The van der Waals surface area contributed by atoms with E-state index >= 15 is 0 Å². The summed E-state index contributed by atoms with van der Waals surface area (Å²) in [5.74, 6) is 1.27. The fraction of sp³-hybridized carbons (Fsp3) is 0.385. The number of rotatable bonds is 11. The lowest BCUT2D eigenvalue weighted by atomic mass is 9.97. The molecule has 0 spiro atoms. The van der Waals surface area contributed by atoms with Crippen LogP contribution in [0, 0.1) is 11.7 Å². The number of nitrogens with zero attached hydrogens (tertiary/aromatic N) is 1. The van der Waals surface area contributed by atoms with Gasteiger partial charge in [-0.2, -0.15) is 0 Å². The molecule has 1 aromatic heterocycles. The molecule has 176 valence electrons. The highest BCUT2D eigenvalue weighted by Gasteiger charge is 2.22. The van der Waals surface area contributed by atoms with Gasteiger partial charge in [0, 0.05) is 12.0 Å². The van der Waals surface area contributed by atoms with Crippen LogP contribution in [0.4, 0.5) is 4.39 Å². The van der Waals surface area contributed by atoms with Gasteiger partial charge in [0.25, 0.3) is 0 Å². The largest absolute Gasteiger partial charge is 0.497 e. The Hall–Kier alpha value is -3.35. The van der Waals surface area contributed by atoms with E-state index in [-0.39, 0.29) is 12.6 Å². The van der Waals surface area contributed by atoms with Crippen molar-refractivity contribution < 1.29 is 27.9 Å². The molecule has 7 heteroatoms. The van der Waals surface area contributed by atoms with Crippen LogP contribution in [-0.2, 0) is 29.0 Å². The van der Waals surface area contributed by atoms with E-state index < -0.39 is 5.82 Å². The molecule has 0 atom stereocenters. The minimum absolute atomic E-state index is 0.179. The zero-order chi connectivity index (χ0) is 23.8. The fourth-order valence-electron chi connectivity index (χ4n) is 3.51. The Morgan fingerprint density at radius 1 is 1.15 bits per heavy atom. The standard InChI is InChI=1S/C26H30FNO5/c1-5-31-25(29)12-9-18-7-6-8-20(14-18)32-16-24-22(13-17(2)3)26(33-28-24)21-15-19(30-4)10-11-23(21)27/h6-8,10-11,14-15,17H,5,9,12-13,16H2,1-4H3. The first-order valence-corrected chi connectivity index (χ1v) is 11.1. The van der Waals surface area contributed by atoms with Crippen LogP contribution >= 0.6 is 0 Å². The van der Waals surface area contributed by atoms with E-state index in [0.717, 1.165) is 11.1 Å². The summed E-state index contributed by atoms with van der Waals surface area (Å²) in [6.07, 6.45) is 1.54. The molecular formula is C26H30FNO5. The van der Waals surface area contributed by atoms with Crippen LogP contribution in [0.2, 0.25) is 0 Å². The third-order valence-corrected chi connectivity index (χ3v) is 5.10. The molecule has 0 fully saturated rings. The average Bonchev–Trinajstić information content (AvgIpc) is 3.18. The van der Waals surface area contributed by atoms with Gasteiger partial charge in [-0.05, 0) is 61.6 Å². The lowest BCUT2D eigenvalue weighted by Crippen LogP contribution is -2.05. The first kappa shape index (κ1) is 24.3. The fourth-order valence-corrected chi connectivity index (χ4v) is 3.51. The maximum absolute atomic E-state index is 14.6. The third kappa shape index (κ3) is 6.57. The number of methoxy groups -OCH3 is 1. The van der Waals surface area contributed by atoms with Crippen LogP contribution in [0.25, 0.3) is 11.3 Å². The van der Waals surface area contributed by atoms with E-state index in [1.54, 1.807) is 19.1 Å². The SMILES string of the molecule is CCOC(=O)CCc1cccc(OCc2noc(-c3cc(OC)ccc3F)c2CC(C)C)c1. The quantitative estimate of drug-likeness (QED) is 0.342. The normalized spacial score (nSPS) is 11.0. The molecule has 0 unspecified atom stereocenters. The van der Waals surface area contributed by atoms with E-state index in [0.29, 0.717) is 60.3 Å². The van der Waals surface area contributed by atoms with Crippen LogP contribution < -0.4 is 9.47 Å². The Bertz CT molecular complexity index is 1080. The summed E-state index contributed by atoms with van der Waals surface area (Å²) in [5, 5.41) is 4.19. The summed E-state index contributed by atoms with van der Waals surface area (Å²) >= 11 is 0. The molecule has 6 nitrogen and oxygen atoms in total. The van der Waals surface area contributed by atoms with Crippen LogP contribution in [0.1, 0.15) is 44.0 Å². The lowest BCUT2D eigenvalue weighted by molar-refractivity contribution is -0.143. The number of benzene rings is 2. The Kier molecular flexibility index (Phi) is 8.46. The van der Waals surface area contributed by atoms with Gasteiger partial charge in [-0.3, -0.25) is 4.79 Å². The predicted octanol–water partition coefficient (Wildman–Crippen LogP) is 5.76. The molecule has 0 N–H and O–H groups in total. The minimum atomic E-state index is -0.404. The van der Waals surface area contributed by atoms with Crippen molar-refractivity contribution >= 4 is 5.97 Å². The zero-order valence-electron chi connectivity index (χ0n) is 19.5. The van der Waals surface area contributed by atoms with Crippen molar-refractivity contribution in [1.82, 2.24) is 5.16 Å². The van der Waals surface area contributed by atoms with Gasteiger partial charge in [0.15, 0.2) is 5.76 Å². The van der Waals surface area contributed by atoms with E-state index in [2.05, 4.69) is 19.0 Å². The summed E-state index contributed by atoms with van der Waals surface area (Å²) in [6, 6.07) is 12.1. The molecule has 0 saturated heterocycles. The summed E-state index contributed by atoms with van der Waals surface area (Å²) in [5.41, 5.74) is 2.72. The van der Waals surface area contributed by atoms with Crippen molar-refractivity contribution in [3.63, 3.8) is 0 Å². The summed E-state index contributed by atoms with van der Waals surface area (Å²) < 4.78 is 36.4. The highest BCUT2D eigenvalue weighted by Crippen LogP contribution is 2.33. The number of halogens is 1. The Labute approximate surface area is 193 Å². The molecule has 0 amide bonds. The van der Waals surface area contributed by atoms with Crippen molar-refractivity contribution in [1.29, 1.82) is 0 Å². The Balaban J connectivity index is 1.78. The van der Waals surface area contributed by atoms with Gasteiger partial charge in [0.1, 0.15) is 29.6 Å². The first-order valence-electron chi connectivity index (χ1n) is 11.1. The third-order valence-electron chi connectivity index (χ3n) is 5.10. The van der Waals surface area contributed by atoms with Gasteiger partial charge in [0.2, 0.25) is 0 Å². The smallest absolute Gasteiger partial charge is 0.306 e. The number of aromatic nitrogens is 1. The molecule has 0 saturated carbocycles. The van der Waals surface area contributed by atoms with Crippen molar-refractivity contribution in [2.75, 3.05) is 13.7 Å². The highest BCUT2D eigenvalue weighted by molar-refractivity contribution is 5.69. The van der Waals surface area contributed by atoms with E-state index in [1.807, 2.05) is 24.3 Å². The molecule has 1 heterocycles. The van der Waals surface area contributed by atoms with Gasteiger partial charge in [0.05, 0.1) is 19.3 Å².